The molecule has 0 fully saturated rings. The fraction of sp³-hybridized carbons (Fsp3) is 0.250. The van der Waals surface area contributed by atoms with Crippen LogP contribution in [-0.4, -0.2) is 35.5 Å². The molecule has 7 nitrogen and oxygen atoms in total. The van der Waals surface area contributed by atoms with Gasteiger partial charge in [-0.25, -0.2) is 9.78 Å². The molecule has 0 radical (unpaired) electrons. The minimum Gasteiger partial charge on any atom is -0.464 e. The number of carbonyl (C=O) groups is 2. The minimum atomic E-state index is -0.592. The van der Waals surface area contributed by atoms with Crippen molar-refractivity contribution in [1.82, 2.24) is 9.97 Å². The van der Waals surface area contributed by atoms with E-state index in [0.29, 0.717) is 0 Å². The van der Waals surface area contributed by atoms with Crippen LogP contribution in [0.3, 0.4) is 0 Å². The third-order valence-electron chi connectivity index (χ3n) is 1.47. The van der Waals surface area contributed by atoms with E-state index in [-0.39, 0.29) is 18.1 Å². The second-order valence-corrected chi connectivity index (χ2v) is 2.60. The van der Waals surface area contributed by atoms with Crippen molar-refractivity contribution in [3.63, 3.8) is 0 Å². The van der Waals surface area contributed by atoms with Crippen molar-refractivity contribution in [2.45, 2.75) is 0 Å². The van der Waals surface area contributed by atoms with Gasteiger partial charge in [0.25, 0.3) is 0 Å². The molecule has 1 amide bonds. The van der Waals surface area contributed by atoms with E-state index in [1.807, 2.05) is 0 Å². The van der Waals surface area contributed by atoms with Crippen LogP contribution in [0.5, 0.6) is 0 Å². The maximum atomic E-state index is 11.1. The number of methoxy groups -OCH3 is 1. The van der Waals surface area contributed by atoms with Crippen LogP contribution in [-0.2, 0) is 9.53 Å². The van der Waals surface area contributed by atoms with Gasteiger partial charge in [0, 0.05) is 0 Å². The molecule has 0 aliphatic heterocycles. The largest absolute Gasteiger partial charge is 0.464 e. The van der Waals surface area contributed by atoms with Crippen LogP contribution in [0.15, 0.2) is 12.4 Å². The fourth-order valence-electron chi connectivity index (χ4n) is 0.832. The SMILES string of the molecule is COC(=O)c1cncc(NCC(N)=O)n1. The Kier molecular flexibility index (Phi) is 3.55. The number of aromatic nitrogens is 2. The second kappa shape index (κ2) is 4.89. The molecule has 7 heteroatoms. The van der Waals surface area contributed by atoms with Gasteiger partial charge in [-0.1, -0.05) is 0 Å². The number of hydrogen-bond acceptors (Lipinski definition) is 6. The van der Waals surface area contributed by atoms with Crippen LogP contribution in [0.1, 0.15) is 10.5 Å². The predicted octanol–water partition coefficient (Wildman–Crippen LogP) is -0.840. The summed E-state index contributed by atoms with van der Waals surface area (Å²) in [6.45, 7) is -0.0701. The highest BCUT2D eigenvalue weighted by molar-refractivity contribution is 5.87. The number of anilines is 1. The van der Waals surface area contributed by atoms with E-state index >= 15 is 0 Å². The molecule has 0 atom stereocenters. The Morgan fingerprint density at radius 3 is 2.87 bits per heavy atom. The second-order valence-electron chi connectivity index (χ2n) is 2.60. The molecule has 80 valence electrons. The van der Waals surface area contributed by atoms with Crippen LogP contribution in [0.25, 0.3) is 0 Å². The molecule has 15 heavy (non-hydrogen) atoms. The quantitative estimate of drug-likeness (QED) is 0.627. The van der Waals surface area contributed by atoms with Gasteiger partial charge < -0.3 is 15.8 Å². The lowest BCUT2D eigenvalue weighted by Gasteiger charge is -2.03. The van der Waals surface area contributed by atoms with Gasteiger partial charge in [-0.05, 0) is 0 Å². The molecule has 1 aromatic rings. The highest BCUT2D eigenvalue weighted by Gasteiger charge is 2.08. The average Bonchev–Trinajstić information content (AvgIpc) is 2.25. The summed E-state index contributed by atoms with van der Waals surface area (Å²) in [6.07, 6.45) is 2.64. The molecule has 0 aliphatic carbocycles. The van der Waals surface area contributed by atoms with Crippen LogP contribution >= 0.6 is 0 Å². The Hall–Kier alpha value is -2.18. The van der Waals surface area contributed by atoms with Gasteiger partial charge in [-0.2, -0.15) is 0 Å². The Morgan fingerprint density at radius 1 is 1.53 bits per heavy atom. The Labute approximate surface area is 85.7 Å². The number of nitrogens with zero attached hydrogens (tertiary/aromatic N) is 2. The number of nitrogens with one attached hydrogen (secondary N) is 1. The van der Waals surface area contributed by atoms with E-state index in [1.165, 1.54) is 19.5 Å². The molecule has 0 aliphatic rings. The maximum absolute atomic E-state index is 11.1. The molecule has 0 bridgehead atoms. The zero-order valence-electron chi connectivity index (χ0n) is 8.06. The predicted molar refractivity (Wildman–Crippen MR) is 51.1 cm³/mol. The summed E-state index contributed by atoms with van der Waals surface area (Å²) < 4.78 is 4.46. The smallest absolute Gasteiger partial charge is 0.358 e. The zero-order valence-corrected chi connectivity index (χ0v) is 8.06. The zero-order chi connectivity index (χ0) is 11.3. The van der Waals surface area contributed by atoms with E-state index in [2.05, 4.69) is 20.0 Å². The first kappa shape index (κ1) is 10.9. The number of amides is 1. The lowest BCUT2D eigenvalue weighted by Crippen LogP contribution is -2.22. The van der Waals surface area contributed by atoms with Gasteiger partial charge in [0.2, 0.25) is 5.91 Å². The van der Waals surface area contributed by atoms with Crippen molar-refractivity contribution >= 4 is 17.7 Å². The molecule has 1 aromatic heterocycles. The number of carbonyl (C=O) groups excluding carboxylic acids is 2. The lowest BCUT2D eigenvalue weighted by atomic mass is 10.4. The highest BCUT2D eigenvalue weighted by atomic mass is 16.5. The van der Waals surface area contributed by atoms with Crippen molar-refractivity contribution in [2.75, 3.05) is 19.0 Å². The van der Waals surface area contributed by atoms with Gasteiger partial charge in [-0.3, -0.25) is 9.78 Å². The van der Waals surface area contributed by atoms with Crippen LogP contribution in [0, 0.1) is 0 Å². The van der Waals surface area contributed by atoms with E-state index < -0.39 is 11.9 Å². The monoisotopic (exact) mass is 210 g/mol. The Balaban J connectivity index is 2.74. The highest BCUT2D eigenvalue weighted by Crippen LogP contribution is 2.02. The molecule has 3 N–H and O–H groups in total. The number of primary amides is 1. The number of esters is 1. The van der Waals surface area contributed by atoms with Crippen LogP contribution in [0.4, 0.5) is 5.82 Å². The molecular formula is C8H10N4O3. The summed E-state index contributed by atoms with van der Waals surface area (Å²) in [5, 5.41) is 2.61. The van der Waals surface area contributed by atoms with Gasteiger partial charge in [0.05, 0.1) is 26.0 Å². The number of nitrogens with two attached hydrogens (primary N) is 1. The first-order chi connectivity index (χ1) is 7.13. The van der Waals surface area contributed by atoms with Crippen molar-refractivity contribution in [3.05, 3.63) is 18.1 Å². The van der Waals surface area contributed by atoms with Gasteiger partial charge in [0.1, 0.15) is 5.82 Å². The molecular weight excluding hydrogens is 200 g/mol. The molecule has 0 aromatic carbocycles. The topological polar surface area (TPSA) is 107 Å². The molecule has 1 rings (SSSR count). The Bertz CT molecular complexity index is 380. The van der Waals surface area contributed by atoms with Gasteiger partial charge in [0.15, 0.2) is 5.69 Å². The van der Waals surface area contributed by atoms with Crippen LogP contribution < -0.4 is 11.1 Å². The molecule has 0 spiro atoms. The van der Waals surface area contributed by atoms with E-state index in [4.69, 9.17) is 5.73 Å². The number of rotatable bonds is 4. The summed E-state index contributed by atoms with van der Waals surface area (Å²) in [5.74, 6) is -0.831. The number of ether oxygens (including phenoxy) is 1. The van der Waals surface area contributed by atoms with Gasteiger partial charge >= 0.3 is 5.97 Å². The standard InChI is InChI=1S/C8H10N4O3/c1-15-8(14)5-2-10-4-7(12-5)11-3-6(9)13/h2,4H,3H2,1H3,(H2,9,13)(H,11,12). The summed E-state index contributed by atoms with van der Waals surface area (Å²) in [5.41, 5.74) is 4.99. The van der Waals surface area contributed by atoms with Gasteiger partial charge in [-0.15, -0.1) is 0 Å². The molecule has 0 unspecified atom stereocenters. The van der Waals surface area contributed by atoms with E-state index in [9.17, 15) is 9.59 Å². The average molecular weight is 210 g/mol. The summed E-state index contributed by atoms with van der Waals surface area (Å²) >= 11 is 0. The van der Waals surface area contributed by atoms with Crippen molar-refractivity contribution in [3.8, 4) is 0 Å². The summed E-state index contributed by atoms with van der Waals surface area (Å²) in [7, 11) is 1.24. The van der Waals surface area contributed by atoms with Crippen molar-refractivity contribution < 1.29 is 14.3 Å². The third-order valence-corrected chi connectivity index (χ3v) is 1.47. The Morgan fingerprint density at radius 2 is 2.27 bits per heavy atom. The first-order valence-electron chi connectivity index (χ1n) is 4.06. The lowest BCUT2D eigenvalue weighted by molar-refractivity contribution is -0.116. The minimum absolute atomic E-state index is 0.0620. The summed E-state index contributed by atoms with van der Waals surface area (Å²) in [6, 6.07) is 0. The van der Waals surface area contributed by atoms with E-state index in [0.717, 1.165) is 0 Å². The van der Waals surface area contributed by atoms with Crippen LogP contribution in [0.2, 0.25) is 0 Å². The first-order valence-corrected chi connectivity index (χ1v) is 4.06. The summed E-state index contributed by atoms with van der Waals surface area (Å²) in [4.78, 5) is 29.1. The molecule has 0 saturated heterocycles. The molecule has 0 saturated carbocycles. The maximum Gasteiger partial charge on any atom is 0.358 e. The third kappa shape index (κ3) is 3.22. The van der Waals surface area contributed by atoms with Crippen molar-refractivity contribution in [2.24, 2.45) is 5.73 Å². The number of hydrogen-bond donors (Lipinski definition) is 2. The fourth-order valence-corrected chi connectivity index (χ4v) is 0.832. The molecule has 1 heterocycles. The van der Waals surface area contributed by atoms with Crippen molar-refractivity contribution in [1.29, 1.82) is 0 Å². The normalized spacial score (nSPS) is 9.40. The van der Waals surface area contributed by atoms with E-state index in [1.54, 1.807) is 0 Å².